The van der Waals surface area contributed by atoms with Crippen molar-refractivity contribution in [2.24, 2.45) is 0 Å². The molecule has 8 nitrogen and oxygen atoms in total. The highest BCUT2D eigenvalue weighted by molar-refractivity contribution is 9.10. The number of carbonyl (C=O) groups is 2. The van der Waals surface area contributed by atoms with Gasteiger partial charge >= 0.3 is 6.03 Å². The molecule has 0 aromatic heterocycles. The Balaban J connectivity index is 1.52. The van der Waals surface area contributed by atoms with Crippen molar-refractivity contribution < 1.29 is 14.3 Å². The minimum atomic E-state index is -0.386. The molecule has 0 radical (unpaired) electrons. The number of amides is 3. The maximum atomic E-state index is 13.3. The van der Waals surface area contributed by atoms with E-state index in [1.54, 1.807) is 13.2 Å². The number of piperazine rings is 1. The van der Waals surface area contributed by atoms with Gasteiger partial charge in [-0.15, -0.1) is 0 Å². The lowest BCUT2D eigenvalue weighted by atomic mass is 10.1. The second-order valence-electron chi connectivity index (χ2n) is 9.22. The van der Waals surface area contributed by atoms with Crippen molar-refractivity contribution in [3.8, 4) is 5.75 Å². The topological polar surface area (TPSA) is 85.9 Å². The molecule has 0 saturated carbocycles. The van der Waals surface area contributed by atoms with Crippen LogP contribution in [0.15, 0.2) is 71.2 Å². The van der Waals surface area contributed by atoms with Crippen molar-refractivity contribution in [3.05, 3.63) is 76.8 Å². The van der Waals surface area contributed by atoms with Crippen LogP contribution in [-0.2, 0) is 0 Å². The van der Waals surface area contributed by atoms with Gasteiger partial charge in [0.05, 0.1) is 24.0 Å². The summed E-state index contributed by atoms with van der Waals surface area (Å²) in [5.41, 5.74) is 3.65. The zero-order valence-corrected chi connectivity index (χ0v) is 23.5. The monoisotopic (exact) mass is 579 g/mol. The summed E-state index contributed by atoms with van der Waals surface area (Å²) < 4.78 is 6.33. The standard InChI is InChI=1S/C29H34BrN5O3/c1-4-20(2)31-28(36)22-19-21(32-29(37)33-24-10-6-5-9-23(24)30)13-14-25(22)34-15-17-35(18-16-34)26-11-7-8-12-27(26)38-3/h5-14,19-20H,4,15-18H2,1-3H3,(H,31,36)(H2,32,33,37). The van der Waals surface area contributed by atoms with Crippen LogP contribution in [0, 0.1) is 0 Å². The summed E-state index contributed by atoms with van der Waals surface area (Å²) >= 11 is 3.44. The van der Waals surface area contributed by atoms with Gasteiger partial charge < -0.3 is 30.5 Å². The number of anilines is 4. The number of nitrogens with one attached hydrogen (secondary N) is 3. The minimum absolute atomic E-state index is 0.0353. The molecular weight excluding hydrogens is 546 g/mol. The number of para-hydroxylation sites is 3. The van der Waals surface area contributed by atoms with E-state index in [0.717, 1.165) is 54.2 Å². The Bertz CT molecular complexity index is 1280. The van der Waals surface area contributed by atoms with Crippen LogP contribution in [0.4, 0.5) is 27.5 Å². The van der Waals surface area contributed by atoms with Crippen LogP contribution in [0.2, 0.25) is 0 Å². The normalized spacial score (nSPS) is 14.0. The molecule has 3 aromatic rings. The molecule has 3 aromatic carbocycles. The van der Waals surface area contributed by atoms with Gasteiger partial charge in [-0.25, -0.2) is 4.79 Å². The van der Waals surface area contributed by atoms with Crippen molar-refractivity contribution in [2.45, 2.75) is 26.3 Å². The zero-order valence-electron chi connectivity index (χ0n) is 22.0. The van der Waals surface area contributed by atoms with Gasteiger partial charge in [0.2, 0.25) is 0 Å². The third-order valence-electron chi connectivity index (χ3n) is 6.66. The number of benzene rings is 3. The number of urea groups is 1. The molecule has 9 heteroatoms. The van der Waals surface area contributed by atoms with Crippen LogP contribution < -0.4 is 30.5 Å². The number of hydrogen-bond donors (Lipinski definition) is 3. The van der Waals surface area contributed by atoms with E-state index in [0.29, 0.717) is 16.9 Å². The van der Waals surface area contributed by atoms with Gasteiger partial charge in [0.15, 0.2) is 0 Å². The number of methoxy groups -OCH3 is 1. The Hall–Kier alpha value is -3.72. The Kier molecular flexibility index (Phi) is 9.12. The maximum Gasteiger partial charge on any atom is 0.323 e. The summed E-state index contributed by atoms with van der Waals surface area (Å²) in [5, 5.41) is 8.77. The average Bonchev–Trinajstić information content (AvgIpc) is 2.94. The highest BCUT2D eigenvalue weighted by Gasteiger charge is 2.24. The Morgan fingerprint density at radius 3 is 2.26 bits per heavy atom. The van der Waals surface area contributed by atoms with Gasteiger partial charge in [0.25, 0.3) is 5.91 Å². The number of rotatable bonds is 8. The summed E-state index contributed by atoms with van der Waals surface area (Å²) in [6, 6.07) is 20.6. The third-order valence-corrected chi connectivity index (χ3v) is 7.35. The molecule has 3 N–H and O–H groups in total. The van der Waals surface area contributed by atoms with E-state index in [1.165, 1.54) is 0 Å². The highest BCUT2D eigenvalue weighted by atomic mass is 79.9. The molecule has 0 spiro atoms. The lowest BCUT2D eigenvalue weighted by molar-refractivity contribution is 0.0939. The number of nitrogens with zero attached hydrogens (tertiary/aromatic N) is 2. The first-order valence-electron chi connectivity index (χ1n) is 12.8. The van der Waals surface area contributed by atoms with Crippen LogP contribution in [-0.4, -0.2) is 51.3 Å². The Morgan fingerprint density at radius 2 is 1.58 bits per heavy atom. The maximum absolute atomic E-state index is 13.3. The van der Waals surface area contributed by atoms with Gasteiger partial charge in [0, 0.05) is 48.1 Å². The highest BCUT2D eigenvalue weighted by Crippen LogP contribution is 2.31. The second kappa shape index (κ2) is 12.7. The van der Waals surface area contributed by atoms with E-state index < -0.39 is 0 Å². The molecule has 1 saturated heterocycles. The number of carbonyl (C=O) groups excluding carboxylic acids is 2. The van der Waals surface area contributed by atoms with Crippen molar-refractivity contribution in [3.63, 3.8) is 0 Å². The zero-order chi connectivity index (χ0) is 27.1. The summed E-state index contributed by atoms with van der Waals surface area (Å²) in [4.78, 5) is 30.5. The molecule has 3 amide bonds. The first kappa shape index (κ1) is 27.3. The van der Waals surface area contributed by atoms with Gasteiger partial charge in [-0.3, -0.25) is 4.79 Å². The van der Waals surface area contributed by atoms with Crippen molar-refractivity contribution in [1.29, 1.82) is 0 Å². The lowest BCUT2D eigenvalue weighted by Crippen LogP contribution is -2.47. The van der Waals surface area contributed by atoms with E-state index in [2.05, 4.69) is 47.7 Å². The summed E-state index contributed by atoms with van der Waals surface area (Å²) in [7, 11) is 1.69. The molecule has 1 fully saturated rings. The van der Waals surface area contributed by atoms with Gasteiger partial charge in [-0.2, -0.15) is 0 Å². The van der Waals surface area contributed by atoms with E-state index in [1.807, 2.05) is 68.4 Å². The number of halogens is 1. The first-order chi connectivity index (χ1) is 18.4. The minimum Gasteiger partial charge on any atom is -0.495 e. The quantitative estimate of drug-likeness (QED) is 0.306. The summed E-state index contributed by atoms with van der Waals surface area (Å²) in [5.74, 6) is 0.696. The van der Waals surface area contributed by atoms with E-state index in [9.17, 15) is 9.59 Å². The van der Waals surface area contributed by atoms with E-state index in [4.69, 9.17) is 4.74 Å². The van der Waals surface area contributed by atoms with E-state index >= 15 is 0 Å². The van der Waals surface area contributed by atoms with Crippen molar-refractivity contribution >= 4 is 50.6 Å². The SMILES string of the molecule is CCC(C)NC(=O)c1cc(NC(=O)Nc2ccccc2Br)ccc1N1CCN(c2ccccc2OC)CC1. The van der Waals surface area contributed by atoms with Crippen molar-refractivity contribution in [2.75, 3.05) is 53.7 Å². The number of ether oxygens (including phenoxy) is 1. The van der Waals surface area contributed by atoms with Gasteiger partial charge in [-0.05, 0) is 71.7 Å². The van der Waals surface area contributed by atoms with Crippen LogP contribution in [0.5, 0.6) is 5.75 Å². The fraction of sp³-hybridized carbons (Fsp3) is 0.310. The van der Waals surface area contributed by atoms with Crippen LogP contribution >= 0.6 is 15.9 Å². The molecule has 1 unspecified atom stereocenters. The predicted octanol–water partition coefficient (Wildman–Crippen LogP) is 5.96. The van der Waals surface area contributed by atoms with Gasteiger partial charge in [-0.1, -0.05) is 31.2 Å². The first-order valence-corrected chi connectivity index (χ1v) is 13.6. The van der Waals surface area contributed by atoms with Gasteiger partial charge in [0.1, 0.15) is 5.75 Å². The smallest absolute Gasteiger partial charge is 0.323 e. The Morgan fingerprint density at radius 1 is 0.921 bits per heavy atom. The summed E-state index contributed by atoms with van der Waals surface area (Å²) in [6.07, 6.45) is 0.824. The average molecular weight is 581 g/mol. The largest absolute Gasteiger partial charge is 0.495 e. The van der Waals surface area contributed by atoms with Crippen LogP contribution in [0.1, 0.15) is 30.6 Å². The van der Waals surface area contributed by atoms with E-state index in [-0.39, 0.29) is 18.0 Å². The lowest BCUT2D eigenvalue weighted by Gasteiger charge is -2.38. The number of hydrogen-bond acceptors (Lipinski definition) is 5. The molecule has 1 aliphatic rings. The third kappa shape index (κ3) is 6.58. The van der Waals surface area contributed by atoms with Crippen LogP contribution in [0.25, 0.3) is 0 Å². The molecule has 1 heterocycles. The Labute approximate surface area is 232 Å². The second-order valence-corrected chi connectivity index (χ2v) is 10.1. The molecule has 38 heavy (non-hydrogen) atoms. The molecular formula is C29H34BrN5O3. The fourth-order valence-corrected chi connectivity index (χ4v) is 4.79. The fourth-order valence-electron chi connectivity index (χ4n) is 4.40. The van der Waals surface area contributed by atoms with Crippen LogP contribution in [0.3, 0.4) is 0 Å². The molecule has 0 bridgehead atoms. The molecule has 4 rings (SSSR count). The summed E-state index contributed by atoms with van der Waals surface area (Å²) in [6.45, 7) is 7.10. The van der Waals surface area contributed by atoms with Crippen molar-refractivity contribution in [1.82, 2.24) is 5.32 Å². The molecule has 1 atom stereocenters. The molecule has 0 aliphatic carbocycles. The molecule has 200 valence electrons. The molecule has 1 aliphatic heterocycles. The predicted molar refractivity (Wildman–Crippen MR) is 158 cm³/mol.